The van der Waals surface area contributed by atoms with Gasteiger partial charge in [-0.25, -0.2) is 4.39 Å². The van der Waals surface area contributed by atoms with Gasteiger partial charge in [-0.3, -0.25) is 14.4 Å². The van der Waals surface area contributed by atoms with E-state index in [0.717, 1.165) is 5.56 Å². The highest BCUT2D eigenvalue weighted by Crippen LogP contribution is 2.21. The molecule has 0 aromatic heterocycles. The van der Waals surface area contributed by atoms with Crippen LogP contribution in [0.25, 0.3) is 0 Å². The molecule has 3 amide bonds. The molecule has 0 radical (unpaired) electrons. The number of hydrogen-bond acceptors (Lipinski definition) is 4. The van der Waals surface area contributed by atoms with Crippen molar-refractivity contribution in [2.45, 2.75) is 18.5 Å². The van der Waals surface area contributed by atoms with Gasteiger partial charge >= 0.3 is 0 Å². The average molecular weight is 411 g/mol. The van der Waals surface area contributed by atoms with Crippen LogP contribution in [-0.4, -0.2) is 66.3 Å². The maximum Gasteiger partial charge on any atom is 0.254 e. The first-order valence-electron chi connectivity index (χ1n) is 9.75. The van der Waals surface area contributed by atoms with Gasteiger partial charge in [0.2, 0.25) is 11.8 Å². The number of methoxy groups -OCH3 is 1. The highest BCUT2D eigenvalue weighted by Gasteiger charge is 2.44. The molecule has 2 aromatic carbocycles. The Morgan fingerprint density at radius 1 is 1.10 bits per heavy atom. The van der Waals surface area contributed by atoms with Gasteiger partial charge in [0.15, 0.2) is 0 Å². The molecule has 0 spiro atoms. The summed E-state index contributed by atoms with van der Waals surface area (Å²) in [6, 6.07) is 11.2. The summed E-state index contributed by atoms with van der Waals surface area (Å²) in [4.78, 5) is 41.6. The van der Waals surface area contributed by atoms with Crippen molar-refractivity contribution in [2.75, 3.05) is 26.7 Å². The van der Waals surface area contributed by atoms with E-state index in [1.807, 2.05) is 0 Å². The van der Waals surface area contributed by atoms with Crippen molar-refractivity contribution >= 4 is 17.7 Å². The zero-order valence-corrected chi connectivity index (χ0v) is 16.5. The maximum atomic E-state index is 13.1. The van der Waals surface area contributed by atoms with Crippen molar-refractivity contribution < 1.29 is 23.5 Å². The standard InChI is InChI=1S/C22H22FN3O4/c1-30-17-8-4-15(5-9-17)21(28)25-10-11-26-19(13-25)20(27)24-18(22(26)29)12-14-2-6-16(23)7-3-14/h2-9,18-19H,10-13H2,1H3,(H,24,27)/t18-,19-/m0/s1. The smallest absolute Gasteiger partial charge is 0.254 e. The molecule has 0 bridgehead atoms. The molecular weight excluding hydrogens is 389 g/mol. The molecule has 0 aliphatic carbocycles. The summed E-state index contributed by atoms with van der Waals surface area (Å²) < 4.78 is 18.2. The molecule has 0 unspecified atom stereocenters. The summed E-state index contributed by atoms with van der Waals surface area (Å²) in [5.41, 5.74) is 1.27. The number of hydrogen-bond donors (Lipinski definition) is 1. The van der Waals surface area contributed by atoms with Crippen molar-refractivity contribution in [3.8, 4) is 5.75 Å². The highest BCUT2D eigenvalue weighted by atomic mass is 19.1. The largest absolute Gasteiger partial charge is 0.497 e. The Kier molecular flexibility index (Phi) is 5.39. The summed E-state index contributed by atoms with van der Waals surface area (Å²) in [5, 5.41) is 2.76. The minimum absolute atomic E-state index is 0.145. The summed E-state index contributed by atoms with van der Waals surface area (Å²) in [6.45, 7) is 0.786. The number of ether oxygens (including phenoxy) is 1. The van der Waals surface area contributed by atoms with Crippen LogP contribution in [0.4, 0.5) is 4.39 Å². The summed E-state index contributed by atoms with van der Waals surface area (Å²) in [7, 11) is 1.55. The molecular formula is C22H22FN3O4. The zero-order valence-electron chi connectivity index (χ0n) is 16.5. The molecule has 2 aliphatic rings. The van der Waals surface area contributed by atoms with Gasteiger partial charge in [-0.2, -0.15) is 0 Å². The number of halogens is 1. The van der Waals surface area contributed by atoms with Gasteiger partial charge in [0.1, 0.15) is 23.7 Å². The molecule has 1 N–H and O–H groups in total. The van der Waals surface area contributed by atoms with E-state index in [9.17, 15) is 18.8 Å². The number of carbonyl (C=O) groups excluding carboxylic acids is 3. The van der Waals surface area contributed by atoms with E-state index in [4.69, 9.17) is 4.74 Å². The first-order chi connectivity index (χ1) is 14.5. The zero-order chi connectivity index (χ0) is 21.3. The fourth-order valence-corrected chi connectivity index (χ4v) is 3.90. The van der Waals surface area contributed by atoms with E-state index in [0.29, 0.717) is 30.8 Å². The molecule has 2 saturated heterocycles. The predicted octanol–water partition coefficient (Wildman–Crippen LogP) is 1.23. The summed E-state index contributed by atoms with van der Waals surface area (Å²) in [5.74, 6) is -0.350. The lowest BCUT2D eigenvalue weighted by atomic mass is 9.98. The van der Waals surface area contributed by atoms with Crippen LogP contribution in [0.3, 0.4) is 0 Å². The third kappa shape index (κ3) is 3.85. The van der Waals surface area contributed by atoms with Crippen LogP contribution in [-0.2, 0) is 16.0 Å². The molecule has 7 nitrogen and oxygen atoms in total. The lowest BCUT2D eigenvalue weighted by Gasteiger charge is -2.45. The Bertz CT molecular complexity index is 961. The van der Waals surface area contributed by atoms with E-state index < -0.39 is 12.1 Å². The third-order valence-electron chi connectivity index (χ3n) is 5.56. The second-order valence-electron chi connectivity index (χ2n) is 7.42. The molecule has 0 saturated carbocycles. The first kappa shape index (κ1) is 19.9. The van der Waals surface area contributed by atoms with Crippen molar-refractivity contribution in [3.05, 3.63) is 65.5 Å². The lowest BCUT2D eigenvalue weighted by Crippen LogP contribution is -2.70. The van der Waals surface area contributed by atoms with Crippen molar-refractivity contribution in [3.63, 3.8) is 0 Å². The van der Waals surface area contributed by atoms with Crippen LogP contribution in [0.15, 0.2) is 48.5 Å². The Morgan fingerprint density at radius 3 is 2.47 bits per heavy atom. The number of nitrogens with zero attached hydrogens (tertiary/aromatic N) is 2. The molecule has 2 fully saturated rings. The van der Waals surface area contributed by atoms with Gasteiger partial charge in [-0.1, -0.05) is 12.1 Å². The van der Waals surface area contributed by atoms with Gasteiger partial charge in [-0.15, -0.1) is 0 Å². The number of rotatable bonds is 4. The molecule has 30 heavy (non-hydrogen) atoms. The number of fused-ring (bicyclic) bond motifs is 1. The predicted molar refractivity (Wildman–Crippen MR) is 106 cm³/mol. The molecule has 2 atom stereocenters. The third-order valence-corrected chi connectivity index (χ3v) is 5.56. The normalized spacial score (nSPS) is 21.1. The van der Waals surface area contributed by atoms with E-state index in [1.54, 1.807) is 53.3 Å². The molecule has 2 aromatic rings. The fraction of sp³-hybridized carbons (Fsp3) is 0.318. The second-order valence-corrected chi connectivity index (χ2v) is 7.42. The van der Waals surface area contributed by atoms with Crippen LogP contribution in [0, 0.1) is 5.82 Å². The van der Waals surface area contributed by atoms with E-state index >= 15 is 0 Å². The monoisotopic (exact) mass is 411 g/mol. The van der Waals surface area contributed by atoms with Crippen LogP contribution in [0.5, 0.6) is 5.75 Å². The van der Waals surface area contributed by atoms with E-state index in [1.165, 1.54) is 12.1 Å². The Hall–Kier alpha value is -3.42. The minimum Gasteiger partial charge on any atom is -0.497 e. The first-order valence-corrected chi connectivity index (χ1v) is 9.75. The van der Waals surface area contributed by atoms with E-state index in [2.05, 4.69) is 5.32 Å². The average Bonchev–Trinajstić information content (AvgIpc) is 2.78. The molecule has 4 rings (SSSR count). The Labute approximate surface area is 173 Å². The topological polar surface area (TPSA) is 79.0 Å². The van der Waals surface area contributed by atoms with Gasteiger partial charge in [0.05, 0.1) is 13.7 Å². The van der Waals surface area contributed by atoms with Gasteiger partial charge < -0.3 is 19.9 Å². The van der Waals surface area contributed by atoms with Crippen molar-refractivity contribution in [1.29, 1.82) is 0 Å². The second kappa shape index (κ2) is 8.14. The Morgan fingerprint density at radius 2 is 1.80 bits per heavy atom. The number of benzene rings is 2. The molecule has 2 aliphatic heterocycles. The SMILES string of the molecule is COc1ccc(C(=O)N2CCN3C(=O)[C@H](Cc4ccc(F)cc4)NC(=O)[C@@H]3C2)cc1. The quantitative estimate of drug-likeness (QED) is 0.821. The summed E-state index contributed by atoms with van der Waals surface area (Å²) in [6.07, 6.45) is 0.294. The Balaban J connectivity index is 1.43. The van der Waals surface area contributed by atoms with Gasteiger partial charge in [0.25, 0.3) is 5.91 Å². The maximum absolute atomic E-state index is 13.1. The van der Waals surface area contributed by atoms with Crippen LogP contribution < -0.4 is 10.1 Å². The minimum atomic E-state index is -0.710. The number of carbonyl (C=O) groups is 3. The summed E-state index contributed by atoms with van der Waals surface area (Å²) >= 11 is 0. The fourth-order valence-electron chi connectivity index (χ4n) is 3.90. The number of amides is 3. The number of piperazine rings is 2. The van der Waals surface area contributed by atoms with E-state index in [-0.39, 0.29) is 30.1 Å². The van der Waals surface area contributed by atoms with Crippen LogP contribution >= 0.6 is 0 Å². The van der Waals surface area contributed by atoms with Crippen molar-refractivity contribution in [1.82, 2.24) is 15.1 Å². The van der Waals surface area contributed by atoms with Crippen LogP contribution in [0.1, 0.15) is 15.9 Å². The number of nitrogens with one attached hydrogen (secondary N) is 1. The van der Waals surface area contributed by atoms with Gasteiger partial charge in [0, 0.05) is 25.1 Å². The van der Waals surface area contributed by atoms with Crippen molar-refractivity contribution in [2.24, 2.45) is 0 Å². The molecule has 2 heterocycles. The molecule has 8 heteroatoms. The molecule has 156 valence electrons. The van der Waals surface area contributed by atoms with Crippen LogP contribution in [0.2, 0.25) is 0 Å². The van der Waals surface area contributed by atoms with Gasteiger partial charge in [-0.05, 0) is 42.0 Å². The lowest BCUT2D eigenvalue weighted by molar-refractivity contribution is -0.152. The highest BCUT2D eigenvalue weighted by molar-refractivity contribution is 5.99.